The summed E-state index contributed by atoms with van der Waals surface area (Å²) in [5, 5.41) is 0. The molecule has 1 fully saturated rings. The third-order valence-corrected chi connectivity index (χ3v) is 4.36. The van der Waals surface area contributed by atoms with Crippen molar-refractivity contribution in [2.45, 2.75) is 25.0 Å². The summed E-state index contributed by atoms with van der Waals surface area (Å²) in [6.45, 7) is 0. The molecule has 0 heterocycles. The van der Waals surface area contributed by atoms with Crippen LogP contribution in [0.1, 0.15) is 19.3 Å². The van der Waals surface area contributed by atoms with Crippen LogP contribution in [0.2, 0.25) is 0 Å². The lowest BCUT2D eigenvalue weighted by Crippen LogP contribution is -2.19. The molecule has 2 aliphatic rings. The number of ketones is 1. The first kappa shape index (κ1) is 11.4. The minimum Gasteiger partial charge on any atom is -0.294 e. The van der Waals surface area contributed by atoms with Gasteiger partial charge in [-0.3, -0.25) is 4.79 Å². The number of sulfone groups is 1. The molecule has 1 atom stereocenters. The maximum atomic E-state index is 12.4. The molecule has 0 aromatic heterocycles. The molecule has 16 heavy (non-hydrogen) atoms. The fraction of sp³-hybridized carbons (Fsp3) is 0.500. The van der Waals surface area contributed by atoms with Crippen molar-refractivity contribution in [2.24, 2.45) is 5.92 Å². The van der Waals surface area contributed by atoms with Crippen LogP contribution < -0.4 is 0 Å². The van der Waals surface area contributed by atoms with Gasteiger partial charge in [-0.25, -0.2) is 8.42 Å². The first-order valence-electron chi connectivity index (χ1n) is 4.90. The summed E-state index contributed by atoms with van der Waals surface area (Å²) in [4.78, 5) is 11.0. The van der Waals surface area contributed by atoms with E-state index < -0.39 is 20.5 Å². The van der Waals surface area contributed by atoms with Gasteiger partial charge in [0.1, 0.15) is 0 Å². The van der Waals surface area contributed by atoms with Crippen molar-refractivity contribution >= 4 is 15.6 Å². The standard InChI is InChI=1S/C10H10F2O3S/c11-10(12)16(14,15)8-3-1-2-6-4-5-7(13)9(6)8/h1,3,6,10H,2,4-5H2. The number of halogens is 2. The SMILES string of the molecule is O=C1CCC2CC=CC(S(=O)(=O)C(F)F)=C12. The van der Waals surface area contributed by atoms with Gasteiger partial charge in [-0.15, -0.1) is 0 Å². The molecule has 0 spiro atoms. The highest BCUT2D eigenvalue weighted by molar-refractivity contribution is 7.95. The van der Waals surface area contributed by atoms with E-state index >= 15 is 0 Å². The highest BCUT2D eigenvalue weighted by Crippen LogP contribution is 2.39. The fourth-order valence-electron chi connectivity index (χ4n) is 2.16. The molecule has 0 radical (unpaired) electrons. The second kappa shape index (κ2) is 3.76. The summed E-state index contributed by atoms with van der Waals surface area (Å²) in [5.74, 6) is -3.97. The number of Topliss-reactive ketones (excluding diaryl/α,β-unsaturated/α-hetero) is 1. The summed E-state index contributed by atoms with van der Waals surface area (Å²) in [6, 6.07) is 0. The van der Waals surface area contributed by atoms with E-state index in [4.69, 9.17) is 0 Å². The third-order valence-electron chi connectivity index (χ3n) is 2.92. The summed E-state index contributed by atoms with van der Waals surface area (Å²) in [5.41, 5.74) is 0.0859. The number of carbonyl (C=O) groups excluding carboxylic acids is 1. The van der Waals surface area contributed by atoms with Gasteiger partial charge in [0, 0.05) is 12.0 Å². The number of alkyl halides is 2. The Morgan fingerprint density at radius 2 is 2.06 bits per heavy atom. The van der Waals surface area contributed by atoms with Crippen molar-refractivity contribution in [3.63, 3.8) is 0 Å². The fourth-order valence-corrected chi connectivity index (χ4v) is 3.22. The molecule has 88 valence electrons. The molecule has 1 saturated carbocycles. The molecule has 0 aliphatic heterocycles. The van der Waals surface area contributed by atoms with Gasteiger partial charge >= 0.3 is 5.76 Å². The summed E-state index contributed by atoms with van der Waals surface area (Å²) >= 11 is 0. The number of rotatable bonds is 2. The number of hydrogen-bond donors (Lipinski definition) is 0. The Bertz CT molecular complexity index is 488. The Kier molecular flexibility index (Phi) is 2.69. The van der Waals surface area contributed by atoms with Crippen molar-refractivity contribution in [2.75, 3.05) is 0 Å². The van der Waals surface area contributed by atoms with Crippen molar-refractivity contribution in [3.05, 3.63) is 22.6 Å². The van der Waals surface area contributed by atoms with Gasteiger partial charge in [0.05, 0.1) is 4.91 Å². The largest absolute Gasteiger partial charge is 0.341 e. The Morgan fingerprint density at radius 3 is 2.69 bits per heavy atom. The van der Waals surface area contributed by atoms with Gasteiger partial charge in [0.25, 0.3) is 0 Å². The molecule has 6 heteroatoms. The van der Waals surface area contributed by atoms with E-state index in [1.807, 2.05) is 0 Å². The van der Waals surface area contributed by atoms with Crippen LogP contribution in [-0.4, -0.2) is 20.0 Å². The van der Waals surface area contributed by atoms with Gasteiger partial charge in [-0.05, 0) is 24.8 Å². The monoisotopic (exact) mass is 248 g/mol. The Labute approximate surface area is 91.8 Å². The molecular formula is C10H10F2O3S. The summed E-state index contributed by atoms with van der Waals surface area (Å²) < 4.78 is 47.6. The lowest BCUT2D eigenvalue weighted by Gasteiger charge is -2.17. The molecule has 1 unspecified atom stereocenters. The number of fused-ring (bicyclic) bond motifs is 1. The quantitative estimate of drug-likeness (QED) is 0.749. The number of hydrogen-bond acceptors (Lipinski definition) is 3. The van der Waals surface area contributed by atoms with Crippen molar-refractivity contribution in [1.82, 2.24) is 0 Å². The van der Waals surface area contributed by atoms with Gasteiger partial charge in [0.15, 0.2) is 5.78 Å². The minimum absolute atomic E-state index is 0.0859. The normalized spacial score (nSPS) is 25.4. The van der Waals surface area contributed by atoms with Crippen LogP contribution >= 0.6 is 0 Å². The van der Waals surface area contributed by atoms with E-state index in [1.54, 1.807) is 6.08 Å². The Morgan fingerprint density at radius 1 is 1.38 bits per heavy atom. The van der Waals surface area contributed by atoms with Crippen LogP contribution in [0.5, 0.6) is 0 Å². The Balaban J connectivity index is 2.58. The van der Waals surface area contributed by atoms with E-state index in [-0.39, 0.29) is 23.7 Å². The van der Waals surface area contributed by atoms with Crippen molar-refractivity contribution in [3.8, 4) is 0 Å². The molecule has 0 aromatic carbocycles. The lowest BCUT2D eigenvalue weighted by molar-refractivity contribution is -0.114. The second-order valence-corrected chi connectivity index (χ2v) is 5.77. The van der Waals surface area contributed by atoms with E-state index in [0.29, 0.717) is 12.8 Å². The van der Waals surface area contributed by atoms with Gasteiger partial charge in [-0.1, -0.05) is 6.08 Å². The number of allylic oxidation sites excluding steroid dienone is 3. The smallest absolute Gasteiger partial charge is 0.294 e. The maximum absolute atomic E-state index is 12.4. The zero-order chi connectivity index (χ0) is 11.9. The third kappa shape index (κ3) is 1.61. The van der Waals surface area contributed by atoms with Crippen molar-refractivity contribution < 1.29 is 22.0 Å². The average Bonchev–Trinajstić information content (AvgIpc) is 2.60. The molecule has 3 nitrogen and oxygen atoms in total. The zero-order valence-electron chi connectivity index (χ0n) is 8.32. The maximum Gasteiger partial charge on any atom is 0.341 e. The van der Waals surface area contributed by atoms with Crippen LogP contribution in [0, 0.1) is 5.92 Å². The van der Waals surface area contributed by atoms with Crippen LogP contribution in [-0.2, 0) is 14.6 Å². The second-order valence-electron chi connectivity index (χ2n) is 3.88. The molecule has 0 N–H and O–H groups in total. The zero-order valence-corrected chi connectivity index (χ0v) is 9.14. The van der Waals surface area contributed by atoms with E-state index in [2.05, 4.69) is 0 Å². The Hall–Kier alpha value is -1.04. The van der Waals surface area contributed by atoms with Crippen LogP contribution in [0.3, 0.4) is 0 Å². The topological polar surface area (TPSA) is 51.2 Å². The lowest BCUT2D eigenvalue weighted by atomic mass is 9.94. The molecule has 2 aliphatic carbocycles. The van der Waals surface area contributed by atoms with Crippen LogP contribution in [0.4, 0.5) is 8.78 Å². The van der Waals surface area contributed by atoms with Gasteiger partial charge in [-0.2, -0.15) is 8.78 Å². The average molecular weight is 248 g/mol. The molecule has 0 aromatic rings. The molecule has 0 amide bonds. The molecular weight excluding hydrogens is 238 g/mol. The molecule has 0 saturated heterocycles. The predicted molar refractivity (Wildman–Crippen MR) is 53.4 cm³/mol. The molecule has 2 rings (SSSR count). The van der Waals surface area contributed by atoms with Crippen LogP contribution in [0.25, 0.3) is 0 Å². The van der Waals surface area contributed by atoms with Gasteiger partial charge < -0.3 is 0 Å². The van der Waals surface area contributed by atoms with E-state index in [0.717, 1.165) is 6.08 Å². The van der Waals surface area contributed by atoms with Crippen molar-refractivity contribution in [1.29, 1.82) is 0 Å². The number of carbonyl (C=O) groups is 1. The molecule has 0 bridgehead atoms. The first-order chi connectivity index (χ1) is 7.44. The summed E-state index contributed by atoms with van der Waals surface area (Å²) in [7, 11) is -4.65. The highest BCUT2D eigenvalue weighted by atomic mass is 32.2. The minimum atomic E-state index is -4.65. The predicted octanol–water partition coefficient (Wildman–Crippen LogP) is 1.82. The van der Waals surface area contributed by atoms with E-state index in [9.17, 15) is 22.0 Å². The first-order valence-corrected chi connectivity index (χ1v) is 6.45. The van der Waals surface area contributed by atoms with E-state index in [1.165, 1.54) is 0 Å². The van der Waals surface area contributed by atoms with Gasteiger partial charge in [0.2, 0.25) is 9.84 Å². The summed E-state index contributed by atoms with van der Waals surface area (Å²) in [6.07, 6.45) is 4.05. The highest BCUT2D eigenvalue weighted by Gasteiger charge is 2.39. The van der Waals surface area contributed by atoms with Crippen LogP contribution in [0.15, 0.2) is 22.6 Å².